The Balaban J connectivity index is 1.64. The van der Waals surface area contributed by atoms with E-state index in [2.05, 4.69) is 48.3 Å². The van der Waals surface area contributed by atoms with Gasteiger partial charge in [-0.15, -0.1) is 0 Å². The van der Waals surface area contributed by atoms with Crippen molar-refractivity contribution in [2.45, 2.75) is 32.0 Å². The number of likely N-dealkylation sites (tertiary alicyclic amines) is 1. The summed E-state index contributed by atoms with van der Waals surface area (Å²) >= 11 is 12.3. The average Bonchev–Trinajstić information content (AvgIpc) is 2.78. The van der Waals surface area contributed by atoms with Crippen molar-refractivity contribution in [1.82, 2.24) is 4.90 Å². The summed E-state index contributed by atoms with van der Waals surface area (Å²) in [5.41, 5.74) is 4.60. The van der Waals surface area contributed by atoms with E-state index in [1.165, 1.54) is 11.1 Å². The molecule has 0 N–H and O–H groups in total. The number of piperidine rings is 1. The smallest absolute Gasteiger partial charge is 0.142 e. The van der Waals surface area contributed by atoms with Crippen LogP contribution in [0.2, 0.25) is 10.0 Å². The zero-order chi connectivity index (χ0) is 21.8. The Morgan fingerprint density at radius 1 is 0.871 bits per heavy atom. The van der Waals surface area contributed by atoms with Gasteiger partial charge in [-0.3, -0.25) is 4.90 Å². The van der Waals surface area contributed by atoms with Crippen molar-refractivity contribution in [2.75, 3.05) is 7.05 Å². The minimum atomic E-state index is 0.158. The Bertz CT molecular complexity index is 1020. The fraction of sp³-hybridized carbons (Fsp3) is 0.269. The maximum absolute atomic E-state index is 6.15. The molecule has 0 aromatic heterocycles. The number of hydrogen-bond donors (Lipinski definition) is 0. The minimum absolute atomic E-state index is 0.158. The predicted molar refractivity (Wildman–Crippen MR) is 129 cm³/mol. The second-order valence-electron chi connectivity index (χ2n) is 8.06. The first-order valence-corrected chi connectivity index (χ1v) is 11.2. The fourth-order valence-electron chi connectivity index (χ4n) is 4.36. The van der Waals surface area contributed by atoms with Gasteiger partial charge in [0.1, 0.15) is 6.61 Å². The van der Waals surface area contributed by atoms with Gasteiger partial charge in [-0.05, 0) is 48.0 Å². The number of benzene rings is 3. The SMILES string of the molecule is C[C@H]1/C(=N/OCc2ccccc2)C[C@H](c2ccc(Cl)cc2)N(C)[C@@H]1c1ccc(Cl)cc1. The Morgan fingerprint density at radius 3 is 2.06 bits per heavy atom. The molecular weight excluding hydrogens is 427 g/mol. The molecule has 0 spiro atoms. The van der Waals surface area contributed by atoms with Gasteiger partial charge in [0.15, 0.2) is 0 Å². The molecule has 3 atom stereocenters. The van der Waals surface area contributed by atoms with E-state index in [9.17, 15) is 0 Å². The van der Waals surface area contributed by atoms with Crippen LogP contribution in [0.5, 0.6) is 0 Å². The maximum Gasteiger partial charge on any atom is 0.142 e. The first-order valence-electron chi connectivity index (χ1n) is 10.5. The molecule has 160 valence electrons. The zero-order valence-electron chi connectivity index (χ0n) is 17.7. The van der Waals surface area contributed by atoms with Crippen molar-refractivity contribution < 1.29 is 4.84 Å². The topological polar surface area (TPSA) is 24.8 Å². The summed E-state index contributed by atoms with van der Waals surface area (Å²) in [6.45, 7) is 2.68. The lowest BCUT2D eigenvalue weighted by atomic mass is 9.80. The van der Waals surface area contributed by atoms with Gasteiger partial charge >= 0.3 is 0 Å². The van der Waals surface area contributed by atoms with Gasteiger partial charge in [0.25, 0.3) is 0 Å². The molecule has 0 unspecified atom stereocenters. The van der Waals surface area contributed by atoms with Crippen LogP contribution in [0.1, 0.15) is 42.1 Å². The van der Waals surface area contributed by atoms with Crippen LogP contribution in [0, 0.1) is 5.92 Å². The van der Waals surface area contributed by atoms with Crippen LogP contribution in [0.15, 0.2) is 84.0 Å². The molecule has 1 heterocycles. The van der Waals surface area contributed by atoms with Crippen LogP contribution in [-0.4, -0.2) is 17.7 Å². The van der Waals surface area contributed by atoms with Crippen molar-refractivity contribution in [3.8, 4) is 0 Å². The summed E-state index contributed by atoms with van der Waals surface area (Å²) in [4.78, 5) is 8.22. The Kier molecular flexibility index (Phi) is 6.96. The predicted octanol–water partition coefficient (Wildman–Crippen LogP) is 7.32. The molecular formula is C26H26Cl2N2O. The molecule has 3 aromatic carbocycles. The van der Waals surface area contributed by atoms with E-state index in [1.54, 1.807) is 0 Å². The standard InChI is InChI=1S/C26H26Cl2N2O/c1-18-24(29-31-17-19-6-4-3-5-7-19)16-25(20-8-12-22(27)13-9-20)30(2)26(18)21-10-14-23(28)15-11-21/h3-15,18,25-26H,16-17H2,1-2H3/b29-24+/t18-,25+,26-/m0/s1. The van der Waals surface area contributed by atoms with Gasteiger partial charge in [-0.2, -0.15) is 0 Å². The molecule has 0 bridgehead atoms. The number of rotatable bonds is 5. The van der Waals surface area contributed by atoms with Crippen LogP contribution < -0.4 is 0 Å². The van der Waals surface area contributed by atoms with Crippen LogP contribution in [0.3, 0.4) is 0 Å². The van der Waals surface area contributed by atoms with Gasteiger partial charge in [0, 0.05) is 34.5 Å². The van der Waals surface area contributed by atoms with Gasteiger partial charge in [-0.25, -0.2) is 0 Å². The van der Waals surface area contributed by atoms with E-state index in [1.807, 2.05) is 54.6 Å². The van der Waals surface area contributed by atoms with E-state index in [0.717, 1.165) is 27.7 Å². The first-order chi connectivity index (χ1) is 15.0. The van der Waals surface area contributed by atoms with Crippen molar-refractivity contribution in [1.29, 1.82) is 0 Å². The molecule has 5 heteroatoms. The summed E-state index contributed by atoms with van der Waals surface area (Å²) in [6.07, 6.45) is 0.804. The van der Waals surface area contributed by atoms with Crippen LogP contribution in [0.4, 0.5) is 0 Å². The molecule has 1 saturated heterocycles. The Morgan fingerprint density at radius 2 is 1.45 bits per heavy atom. The molecule has 0 amide bonds. The molecule has 1 aliphatic heterocycles. The molecule has 31 heavy (non-hydrogen) atoms. The summed E-state index contributed by atoms with van der Waals surface area (Å²) < 4.78 is 0. The molecule has 4 rings (SSSR count). The molecule has 0 radical (unpaired) electrons. The third-order valence-electron chi connectivity index (χ3n) is 6.05. The first kappa shape index (κ1) is 21.9. The van der Waals surface area contributed by atoms with E-state index in [-0.39, 0.29) is 18.0 Å². The number of hydrogen-bond acceptors (Lipinski definition) is 3. The number of oxime groups is 1. The Labute approximate surface area is 194 Å². The molecule has 3 aromatic rings. The largest absolute Gasteiger partial charge is 0.391 e. The van der Waals surface area contributed by atoms with Crippen molar-refractivity contribution >= 4 is 28.9 Å². The maximum atomic E-state index is 6.15. The van der Waals surface area contributed by atoms with E-state index >= 15 is 0 Å². The zero-order valence-corrected chi connectivity index (χ0v) is 19.2. The monoisotopic (exact) mass is 452 g/mol. The summed E-state index contributed by atoms with van der Waals surface area (Å²) in [5.74, 6) is 0.200. The highest BCUT2D eigenvalue weighted by Crippen LogP contribution is 2.43. The molecule has 1 aliphatic rings. The highest BCUT2D eigenvalue weighted by atomic mass is 35.5. The highest BCUT2D eigenvalue weighted by molar-refractivity contribution is 6.30. The third kappa shape index (κ3) is 5.12. The van der Waals surface area contributed by atoms with Crippen LogP contribution in [0.25, 0.3) is 0 Å². The van der Waals surface area contributed by atoms with Crippen molar-refractivity contribution in [2.24, 2.45) is 11.1 Å². The van der Waals surface area contributed by atoms with Gasteiger partial charge < -0.3 is 4.84 Å². The lowest BCUT2D eigenvalue weighted by molar-refractivity contribution is 0.105. The van der Waals surface area contributed by atoms with Crippen molar-refractivity contribution in [3.63, 3.8) is 0 Å². The molecule has 3 nitrogen and oxygen atoms in total. The average molecular weight is 453 g/mol. The Hall–Kier alpha value is -2.33. The minimum Gasteiger partial charge on any atom is -0.391 e. The second-order valence-corrected chi connectivity index (χ2v) is 8.94. The third-order valence-corrected chi connectivity index (χ3v) is 6.56. The normalized spacial score (nSPS) is 23.1. The van der Waals surface area contributed by atoms with E-state index < -0.39 is 0 Å². The lowest BCUT2D eigenvalue weighted by Crippen LogP contribution is -2.42. The highest BCUT2D eigenvalue weighted by Gasteiger charge is 2.38. The van der Waals surface area contributed by atoms with Crippen LogP contribution >= 0.6 is 23.2 Å². The fourth-order valence-corrected chi connectivity index (χ4v) is 4.61. The summed E-state index contributed by atoms with van der Waals surface area (Å²) in [5, 5.41) is 6.10. The van der Waals surface area contributed by atoms with Gasteiger partial charge in [0.2, 0.25) is 0 Å². The van der Waals surface area contributed by atoms with Crippen molar-refractivity contribution in [3.05, 3.63) is 106 Å². The quantitative estimate of drug-likeness (QED) is 0.378. The summed E-state index contributed by atoms with van der Waals surface area (Å²) in [7, 11) is 2.18. The van der Waals surface area contributed by atoms with E-state index in [4.69, 9.17) is 28.0 Å². The van der Waals surface area contributed by atoms with Gasteiger partial charge in [-0.1, -0.05) is 89.9 Å². The number of nitrogens with zero attached hydrogens (tertiary/aromatic N) is 2. The molecule has 0 aliphatic carbocycles. The number of halogens is 2. The van der Waals surface area contributed by atoms with Crippen LogP contribution in [-0.2, 0) is 11.4 Å². The molecule has 0 saturated carbocycles. The second kappa shape index (κ2) is 9.86. The van der Waals surface area contributed by atoms with E-state index in [0.29, 0.717) is 6.61 Å². The summed E-state index contributed by atoms with van der Waals surface area (Å²) in [6, 6.07) is 26.6. The molecule has 1 fully saturated rings. The van der Waals surface area contributed by atoms with Gasteiger partial charge in [0.05, 0.1) is 5.71 Å². The lowest BCUT2D eigenvalue weighted by Gasteiger charge is -2.44.